The summed E-state index contributed by atoms with van der Waals surface area (Å²) in [5, 5.41) is 17.3. The molecule has 64 valence electrons. The molecule has 0 atom stereocenters. The summed E-state index contributed by atoms with van der Waals surface area (Å²) in [5.41, 5.74) is 0. The molecule has 9 heteroatoms. The van der Waals surface area contributed by atoms with Crippen LogP contribution in [0, 0.1) is 20.2 Å². The van der Waals surface area contributed by atoms with Gasteiger partial charge in [0.15, 0.2) is 0 Å². The van der Waals surface area contributed by atoms with Gasteiger partial charge in [-0.15, -0.1) is 0 Å². The number of nitrogens with zero attached hydrogens (tertiary/aromatic N) is 2. The molecule has 0 heterocycles. The van der Waals surface area contributed by atoms with E-state index in [9.17, 15) is 20.2 Å². The first-order valence-electron chi connectivity index (χ1n) is 2.50. The van der Waals surface area contributed by atoms with E-state index in [4.69, 9.17) is 0 Å². The average Bonchev–Trinajstić information content (AvgIpc) is 1.53. The van der Waals surface area contributed by atoms with Crippen molar-refractivity contribution in [1.29, 1.82) is 0 Å². The SMILES string of the molecule is [CH3][Pb]([CH3])([O][N+](=O)[O-])[O][N+](=O)[O-]. The molecule has 0 fully saturated rings. The van der Waals surface area contributed by atoms with Crippen LogP contribution in [0.4, 0.5) is 0 Å². The maximum absolute atomic E-state index is 9.73. The first kappa shape index (κ1) is 10.3. The average molecular weight is 361 g/mol. The summed E-state index contributed by atoms with van der Waals surface area (Å²) in [5.74, 6) is 0. The van der Waals surface area contributed by atoms with Gasteiger partial charge in [0, 0.05) is 0 Å². The van der Waals surface area contributed by atoms with Gasteiger partial charge in [-0.3, -0.25) is 0 Å². The van der Waals surface area contributed by atoms with Crippen LogP contribution in [0.5, 0.6) is 0 Å². The van der Waals surface area contributed by atoms with Crippen molar-refractivity contribution in [3.05, 3.63) is 20.2 Å². The summed E-state index contributed by atoms with van der Waals surface area (Å²) in [6, 6.07) is 0. The molecule has 0 saturated carbocycles. The number of hydrogen-bond acceptors (Lipinski definition) is 6. The molecule has 0 amide bonds. The molecule has 0 unspecified atom stereocenters. The number of rotatable bonds is 4. The predicted octanol–water partition coefficient (Wildman–Crippen LogP) is 0.105. The molecule has 0 N–H and O–H groups in total. The third-order valence-corrected chi connectivity index (χ3v) is 5.17. The van der Waals surface area contributed by atoms with Crippen molar-refractivity contribution in [3.8, 4) is 0 Å². The van der Waals surface area contributed by atoms with E-state index in [1.807, 2.05) is 0 Å². The van der Waals surface area contributed by atoms with Crippen molar-refractivity contribution in [2.75, 3.05) is 0 Å². The van der Waals surface area contributed by atoms with E-state index in [1.54, 1.807) is 0 Å². The van der Waals surface area contributed by atoms with Gasteiger partial charge >= 0.3 is 67.0 Å². The molecule has 0 aromatic rings. The Balaban J connectivity index is 3.99. The maximum atomic E-state index is 9.73. The molecule has 0 aromatic carbocycles. The third kappa shape index (κ3) is 5.75. The summed E-state index contributed by atoms with van der Waals surface area (Å²) >= 11 is -4.05. The Bertz CT molecular complexity index is 161. The second-order valence-electron chi connectivity index (χ2n) is 2.03. The van der Waals surface area contributed by atoms with Crippen LogP contribution in [0.2, 0.25) is 8.97 Å². The van der Waals surface area contributed by atoms with Crippen molar-refractivity contribution in [2.45, 2.75) is 8.97 Å². The van der Waals surface area contributed by atoms with Crippen LogP contribution in [0.3, 0.4) is 0 Å². The van der Waals surface area contributed by atoms with Gasteiger partial charge in [0.2, 0.25) is 0 Å². The quantitative estimate of drug-likeness (QED) is 0.400. The zero-order valence-corrected chi connectivity index (χ0v) is 9.73. The van der Waals surface area contributed by atoms with E-state index in [0.717, 1.165) is 0 Å². The summed E-state index contributed by atoms with van der Waals surface area (Å²) in [6.07, 6.45) is 0. The molecule has 0 aliphatic rings. The molecular weight excluding hydrogens is 355 g/mol. The summed E-state index contributed by atoms with van der Waals surface area (Å²) in [7, 11) is 0. The normalized spacial score (nSPS) is 10.4. The van der Waals surface area contributed by atoms with Gasteiger partial charge in [-0.2, -0.15) is 0 Å². The van der Waals surface area contributed by atoms with Gasteiger partial charge in [0.05, 0.1) is 0 Å². The fraction of sp³-hybridized carbons (Fsp3) is 1.00. The van der Waals surface area contributed by atoms with Gasteiger partial charge in [-0.1, -0.05) is 0 Å². The first-order chi connectivity index (χ1) is 4.83. The molecule has 0 rings (SSSR count). The zero-order chi connectivity index (χ0) is 9.07. The molecule has 8 nitrogen and oxygen atoms in total. The summed E-state index contributed by atoms with van der Waals surface area (Å²) in [4.78, 5) is 19.5. The Hall–Kier alpha value is -0.678. The van der Waals surface area contributed by atoms with Gasteiger partial charge in [-0.05, 0) is 0 Å². The van der Waals surface area contributed by atoms with Crippen LogP contribution >= 0.6 is 0 Å². The first-order valence-corrected chi connectivity index (χ1v) is 13.5. The molecule has 0 aliphatic heterocycles. The van der Waals surface area contributed by atoms with Gasteiger partial charge in [0.25, 0.3) is 0 Å². The van der Waals surface area contributed by atoms with Gasteiger partial charge in [0.1, 0.15) is 0 Å². The van der Waals surface area contributed by atoms with Gasteiger partial charge in [-0.25, -0.2) is 0 Å². The van der Waals surface area contributed by atoms with Crippen LogP contribution < -0.4 is 0 Å². The minimum absolute atomic E-state index is 1.06. The van der Waals surface area contributed by atoms with Crippen molar-refractivity contribution in [2.24, 2.45) is 0 Å². The fourth-order valence-corrected chi connectivity index (χ4v) is 3.30. The monoisotopic (exact) mass is 362 g/mol. The van der Waals surface area contributed by atoms with Crippen molar-refractivity contribution >= 4 is 22.1 Å². The molecule has 11 heavy (non-hydrogen) atoms. The Kier molecular flexibility index (Phi) is 3.41. The number of hydrogen-bond donors (Lipinski definition) is 0. The topological polar surface area (TPSA) is 105 Å². The second-order valence-corrected chi connectivity index (χ2v) is 14.3. The standard InChI is InChI=1S/2CH3.2NO3.Pb/c;;2*2-1(3)4;/h2*1H3;;;/q;;2*-1;+2. The second kappa shape index (κ2) is 3.64. The third-order valence-electron chi connectivity index (χ3n) is 0.589. The van der Waals surface area contributed by atoms with E-state index >= 15 is 0 Å². The van der Waals surface area contributed by atoms with E-state index in [2.05, 4.69) is 5.58 Å². The van der Waals surface area contributed by atoms with E-state index in [0.29, 0.717) is 0 Å². The van der Waals surface area contributed by atoms with E-state index < -0.39 is 32.3 Å². The van der Waals surface area contributed by atoms with Crippen molar-refractivity contribution in [1.82, 2.24) is 0 Å². The Morgan fingerprint density at radius 2 is 1.36 bits per heavy atom. The van der Waals surface area contributed by atoms with E-state index in [-0.39, 0.29) is 0 Å². The Labute approximate surface area is 67.3 Å². The molecule has 0 aromatic heterocycles. The molecule has 0 aliphatic carbocycles. The summed E-state index contributed by atoms with van der Waals surface area (Å²) < 4.78 is 10.6. The fourth-order valence-electron chi connectivity index (χ4n) is 0.376. The van der Waals surface area contributed by atoms with E-state index in [1.165, 1.54) is 8.97 Å². The Morgan fingerprint density at radius 3 is 1.55 bits per heavy atom. The van der Waals surface area contributed by atoms with Crippen molar-refractivity contribution < 1.29 is 15.7 Å². The Morgan fingerprint density at radius 1 is 1.09 bits per heavy atom. The van der Waals surface area contributed by atoms with Crippen LogP contribution in [0.25, 0.3) is 0 Å². The van der Waals surface area contributed by atoms with Crippen LogP contribution in [-0.4, -0.2) is 32.3 Å². The molecule has 0 bridgehead atoms. The predicted molar refractivity (Wildman–Crippen MR) is 33.6 cm³/mol. The van der Waals surface area contributed by atoms with Gasteiger partial charge < -0.3 is 0 Å². The minimum atomic E-state index is -4.05. The molecule has 0 spiro atoms. The molecular formula is C2H6N2O6Pb. The van der Waals surface area contributed by atoms with Crippen LogP contribution in [0.15, 0.2) is 0 Å². The van der Waals surface area contributed by atoms with Crippen molar-refractivity contribution in [3.63, 3.8) is 0 Å². The zero-order valence-electron chi connectivity index (χ0n) is 5.84. The van der Waals surface area contributed by atoms with Crippen LogP contribution in [0.1, 0.15) is 0 Å². The summed E-state index contributed by atoms with van der Waals surface area (Å²) in [6.45, 7) is 0. The molecule has 0 radical (unpaired) electrons. The van der Waals surface area contributed by atoms with Crippen LogP contribution in [-0.2, 0) is 5.58 Å². The molecule has 0 saturated heterocycles.